The van der Waals surface area contributed by atoms with Crippen LogP contribution in [0.15, 0.2) is 36.4 Å². The standard InChI is InChI=1S/C14H10Cl3FO/c15-10-4-9(5-11(16)7-10)13(19)6-8-2-1-3-12(18)14(8)17/h1-5,7,13,19H,6H2. The molecule has 0 aliphatic rings. The fourth-order valence-electron chi connectivity index (χ4n) is 1.80. The minimum Gasteiger partial charge on any atom is -0.388 e. The van der Waals surface area contributed by atoms with Gasteiger partial charge in [-0.15, -0.1) is 0 Å². The van der Waals surface area contributed by atoms with Gasteiger partial charge in [-0.3, -0.25) is 0 Å². The molecule has 0 aromatic heterocycles. The average molecular weight is 320 g/mol. The van der Waals surface area contributed by atoms with Gasteiger partial charge in [0.1, 0.15) is 5.82 Å². The van der Waals surface area contributed by atoms with E-state index in [0.29, 0.717) is 21.2 Å². The monoisotopic (exact) mass is 318 g/mol. The van der Waals surface area contributed by atoms with E-state index in [2.05, 4.69) is 0 Å². The molecule has 2 aromatic rings. The maximum Gasteiger partial charge on any atom is 0.142 e. The van der Waals surface area contributed by atoms with Gasteiger partial charge in [-0.05, 0) is 35.4 Å². The zero-order valence-corrected chi connectivity index (χ0v) is 12.0. The number of hydrogen-bond acceptors (Lipinski definition) is 1. The van der Waals surface area contributed by atoms with E-state index in [4.69, 9.17) is 34.8 Å². The highest BCUT2D eigenvalue weighted by atomic mass is 35.5. The second-order valence-electron chi connectivity index (χ2n) is 4.14. The van der Waals surface area contributed by atoms with E-state index in [-0.39, 0.29) is 11.4 Å². The van der Waals surface area contributed by atoms with Crippen molar-refractivity contribution in [2.75, 3.05) is 0 Å². The molecule has 1 unspecified atom stereocenters. The highest BCUT2D eigenvalue weighted by Crippen LogP contribution is 2.28. The molecule has 5 heteroatoms. The highest BCUT2D eigenvalue weighted by Gasteiger charge is 2.14. The van der Waals surface area contributed by atoms with Crippen LogP contribution in [-0.4, -0.2) is 5.11 Å². The van der Waals surface area contributed by atoms with Crippen LogP contribution in [0, 0.1) is 5.82 Å². The van der Waals surface area contributed by atoms with Gasteiger partial charge in [0, 0.05) is 16.5 Å². The zero-order chi connectivity index (χ0) is 14.0. The van der Waals surface area contributed by atoms with Crippen molar-refractivity contribution in [3.8, 4) is 0 Å². The Labute approximate surface area is 125 Å². The third-order valence-corrected chi connectivity index (χ3v) is 3.57. The first-order valence-electron chi connectivity index (χ1n) is 5.54. The van der Waals surface area contributed by atoms with Crippen molar-refractivity contribution in [2.24, 2.45) is 0 Å². The molecule has 0 radical (unpaired) electrons. The van der Waals surface area contributed by atoms with Crippen molar-refractivity contribution in [2.45, 2.75) is 12.5 Å². The predicted octanol–water partition coefficient (Wildman–Crippen LogP) is 5.06. The van der Waals surface area contributed by atoms with Crippen molar-refractivity contribution in [3.63, 3.8) is 0 Å². The Morgan fingerprint density at radius 3 is 2.32 bits per heavy atom. The maximum atomic E-state index is 13.3. The van der Waals surface area contributed by atoms with E-state index in [1.165, 1.54) is 6.07 Å². The molecule has 0 amide bonds. The summed E-state index contributed by atoms with van der Waals surface area (Å²) in [6.45, 7) is 0. The fourth-order valence-corrected chi connectivity index (χ4v) is 2.55. The SMILES string of the molecule is OC(Cc1cccc(F)c1Cl)c1cc(Cl)cc(Cl)c1. The van der Waals surface area contributed by atoms with Crippen LogP contribution in [0.25, 0.3) is 0 Å². The number of halogens is 4. The van der Waals surface area contributed by atoms with Crippen molar-refractivity contribution in [1.29, 1.82) is 0 Å². The van der Waals surface area contributed by atoms with E-state index < -0.39 is 11.9 Å². The molecule has 1 N–H and O–H groups in total. The number of hydrogen-bond donors (Lipinski definition) is 1. The van der Waals surface area contributed by atoms with E-state index in [1.54, 1.807) is 30.3 Å². The van der Waals surface area contributed by atoms with Gasteiger partial charge in [0.25, 0.3) is 0 Å². The third kappa shape index (κ3) is 3.61. The van der Waals surface area contributed by atoms with Crippen LogP contribution in [0.5, 0.6) is 0 Å². The molecule has 0 heterocycles. The number of aliphatic hydroxyl groups is 1. The molecule has 0 bridgehead atoms. The van der Waals surface area contributed by atoms with Gasteiger partial charge in [-0.25, -0.2) is 4.39 Å². The minimum absolute atomic E-state index is 0.0228. The molecule has 0 saturated heterocycles. The average Bonchev–Trinajstić information content (AvgIpc) is 2.33. The van der Waals surface area contributed by atoms with E-state index in [0.717, 1.165) is 0 Å². The Morgan fingerprint density at radius 2 is 1.68 bits per heavy atom. The van der Waals surface area contributed by atoms with Gasteiger partial charge in [0.05, 0.1) is 11.1 Å². The largest absolute Gasteiger partial charge is 0.388 e. The van der Waals surface area contributed by atoms with Crippen molar-refractivity contribution < 1.29 is 9.50 Å². The van der Waals surface area contributed by atoms with Crippen LogP contribution in [0.4, 0.5) is 4.39 Å². The first kappa shape index (κ1) is 14.6. The first-order chi connectivity index (χ1) is 8.97. The van der Waals surface area contributed by atoms with Crippen LogP contribution in [0.1, 0.15) is 17.2 Å². The Morgan fingerprint density at radius 1 is 1.05 bits per heavy atom. The van der Waals surface area contributed by atoms with Crippen LogP contribution in [0.2, 0.25) is 15.1 Å². The molecule has 1 atom stereocenters. The fraction of sp³-hybridized carbons (Fsp3) is 0.143. The van der Waals surface area contributed by atoms with Gasteiger partial charge in [-0.2, -0.15) is 0 Å². The van der Waals surface area contributed by atoms with Gasteiger partial charge in [-0.1, -0.05) is 46.9 Å². The summed E-state index contributed by atoms with van der Waals surface area (Å²) in [5.74, 6) is -0.504. The lowest BCUT2D eigenvalue weighted by Gasteiger charge is -2.13. The van der Waals surface area contributed by atoms with Gasteiger partial charge in [0.15, 0.2) is 0 Å². The summed E-state index contributed by atoms with van der Waals surface area (Å²) < 4.78 is 13.3. The predicted molar refractivity (Wildman–Crippen MR) is 76.5 cm³/mol. The summed E-state index contributed by atoms with van der Waals surface area (Å²) in [5, 5.41) is 11.0. The molecule has 100 valence electrons. The molecule has 2 rings (SSSR count). The summed E-state index contributed by atoms with van der Waals surface area (Å²) in [4.78, 5) is 0. The van der Waals surface area contributed by atoms with Crippen LogP contribution in [-0.2, 0) is 6.42 Å². The molecule has 2 aromatic carbocycles. The Balaban J connectivity index is 2.25. The van der Waals surface area contributed by atoms with Crippen molar-refractivity contribution in [3.05, 3.63) is 68.4 Å². The van der Waals surface area contributed by atoms with E-state index in [1.807, 2.05) is 0 Å². The lowest BCUT2D eigenvalue weighted by atomic mass is 10.0. The Hall–Kier alpha value is -0.800. The highest BCUT2D eigenvalue weighted by molar-refractivity contribution is 6.34. The molecule has 0 aliphatic heterocycles. The molecular weight excluding hydrogens is 310 g/mol. The summed E-state index contributed by atoms with van der Waals surface area (Å²) in [7, 11) is 0. The van der Waals surface area contributed by atoms with E-state index >= 15 is 0 Å². The lowest BCUT2D eigenvalue weighted by molar-refractivity contribution is 0.178. The molecule has 0 aliphatic carbocycles. The third-order valence-electron chi connectivity index (χ3n) is 2.71. The summed E-state index contributed by atoms with van der Waals surface area (Å²) in [6, 6.07) is 9.30. The Kier molecular flexibility index (Phi) is 4.69. The molecule has 0 fully saturated rings. The number of benzene rings is 2. The number of rotatable bonds is 3. The lowest BCUT2D eigenvalue weighted by Crippen LogP contribution is -2.03. The summed E-state index contributed by atoms with van der Waals surface area (Å²) in [6.07, 6.45) is -0.664. The van der Waals surface area contributed by atoms with Gasteiger partial charge < -0.3 is 5.11 Å². The Bertz CT molecular complexity index is 581. The quantitative estimate of drug-likeness (QED) is 0.838. The second kappa shape index (κ2) is 6.10. The smallest absolute Gasteiger partial charge is 0.142 e. The van der Waals surface area contributed by atoms with Crippen molar-refractivity contribution in [1.82, 2.24) is 0 Å². The molecule has 0 saturated carbocycles. The van der Waals surface area contributed by atoms with Crippen LogP contribution in [0.3, 0.4) is 0 Å². The summed E-state index contributed by atoms with van der Waals surface area (Å²) >= 11 is 17.6. The first-order valence-corrected chi connectivity index (χ1v) is 6.67. The zero-order valence-electron chi connectivity index (χ0n) is 9.71. The molecule has 19 heavy (non-hydrogen) atoms. The van der Waals surface area contributed by atoms with Gasteiger partial charge >= 0.3 is 0 Å². The molecule has 0 spiro atoms. The topological polar surface area (TPSA) is 20.2 Å². The summed E-state index contributed by atoms with van der Waals surface area (Å²) in [5.41, 5.74) is 1.10. The van der Waals surface area contributed by atoms with E-state index in [9.17, 15) is 9.50 Å². The van der Waals surface area contributed by atoms with Crippen LogP contribution >= 0.6 is 34.8 Å². The molecule has 1 nitrogen and oxygen atoms in total. The van der Waals surface area contributed by atoms with Crippen LogP contribution < -0.4 is 0 Å². The normalized spacial score (nSPS) is 12.5. The second-order valence-corrected chi connectivity index (χ2v) is 5.39. The van der Waals surface area contributed by atoms with Gasteiger partial charge in [0.2, 0.25) is 0 Å². The number of aliphatic hydroxyl groups excluding tert-OH is 1. The maximum absolute atomic E-state index is 13.3. The minimum atomic E-state index is -0.851. The van der Waals surface area contributed by atoms with Crippen molar-refractivity contribution >= 4 is 34.8 Å². The molecular formula is C14H10Cl3FO.